The SMILES string of the molecule is COc1cccc2cc(-c3cc(=O)oc4cc(C)c(OC(=O)C(C)(C)C)cc34)oc12. The summed E-state index contributed by atoms with van der Waals surface area (Å²) in [6, 6.07) is 12.2. The number of aryl methyl sites for hydroxylation is 1. The van der Waals surface area contributed by atoms with Crippen LogP contribution in [0.4, 0.5) is 0 Å². The number of furan rings is 1. The van der Waals surface area contributed by atoms with Gasteiger partial charge < -0.3 is 18.3 Å². The summed E-state index contributed by atoms with van der Waals surface area (Å²) in [4.78, 5) is 24.6. The first kappa shape index (κ1) is 19.8. The standard InChI is InChI=1S/C24H22O6/c1-13-9-19-15(11-18(13)30-23(26)24(2,3)4)16(12-21(25)28-19)20-10-14-7-6-8-17(27-5)22(14)29-20/h6-12H,1-5H3. The molecule has 2 aromatic carbocycles. The third-order valence-electron chi connectivity index (χ3n) is 4.85. The van der Waals surface area contributed by atoms with Crippen molar-refractivity contribution in [2.45, 2.75) is 27.7 Å². The fourth-order valence-corrected chi connectivity index (χ4v) is 3.19. The van der Waals surface area contributed by atoms with E-state index in [0.29, 0.717) is 44.9 Å². The summed E-state index contributed by atoms with van der Waals surface area (Å²) in [7, 11) is 1.57. The van der Waals surface area contributed by atoms with Crippen molar-refractivity contribution in [3.8, 4) is 22.8 Å². The summed E-state index contributed by atoms with van der Waals surface area (Å²) in [5.74, 6) is 1.15. The number of carbonyl (C=O) groups excluding carboxylic acids is 1. The molecule has 0 aliphatic heterocycles. The molecule has 30 heavy (non-hydrogen) atoms. The summed E-state index contributed by atoms with van der Waals surface area (Å²) in [6.45, 7) is 7.16. The molecular formula is C24H22O6. The van der Waals surface area contributed by atoms with Crippen LogP contribution in [0.3, 0.4) is 0 Å². The first-order chi connectivity index (χ1) is 14.2. The molecule has 0 N–H and O–H groups in total. The lowest BCUT2D eigenvalue weighted by atomic mass is 9.97. The Balaban J connectivity index is 1.93. The number of fused-ring (bicyclic) bond motifs is 2. The molecule has 0 amide bonds. The monoisotopic (exact) mass is 406 g/mol. The smallest absolute Gasteiger partial charge is 0.336 e. The molecular weight excluding hydrogens is 384 g/mol. The number of carbonyl (C=O) groups is 1. The summed E-state index contributed by atoms with van der Waals surface area (Å²) in [5, 5.41) is 1.45. The molecule has 0 saturated carbocycles. The van der Waals surface area contributed by atoms with E-state index in [4.69, 9.17) is 18.3 Å². The second kappa shape index (κ2) is 7.06. The fourth-order valence-electron chi connectivity index (χ4n) is 3.19. The van der Waals surface area contributed by atoms with Gasteiger partial charge in [-0.2, -0.15) is 0 Å². The molecule has 0 atom stereocenters. The average Bonchev–Trinajstić information content (AvgIpc) is 3.11. The number of hydrogen-bond acceptors (Lipinski definition) is 6. The van der Waals surface area contributed by atoms with Gasteiger partial charge in [-0.3, -0.25) is 4.79 Å². The quantitative estimate of drug-likeness (QED) is 0.255. The van der Waals surface area contributed by atoms with Gasteiger partial charge in [0.05, 0.1) is 12.5 Å². The Hall–Kier alpha value is -3.54. The van der Waals surface area contributed by atoms with Gasteiger partial charge in [0.15, 0.2) is 11.3 Å². The zero-order chi connectivity index (χ0) is 21.6. The zero-order valence-electron chi connectivity index (χ0n) is 17.5. The van der Waals surface area contributed by atoms with Crippen LogP contribution in [-0.4, -0.2) is 13.1 Å². The molecule has 2 heterocycles. The van der Waals surface area contributed by atoms with E-state index in [1.54, 1.807) is 53.0 Å². The van der Waals surface area contributed by atoms with E-state index in [1.165, 1.54) is 6.07 Å². The highest BCUT2D eigenvalue weighted by Crippen LogP contribution is 2.37. The Morgan fingerprint density at radius 1 is 1.00 bits per heavy atom. The van der Waals surface area contributed by atoms with Crippen LogP contribution in [0.5, 0.6) is 11.5 Å². The molecule has 0 bridgehead atoms. The van der Waals surface area contributed by atoms with Crippen LogP contribution < -0.4 is 15.1 Å². The van der Waals surface area contributed by atoms with Crippen molar-refractivity contribution in [1.29, 1.82) is 0 Å². The van der Waals surface area contributed by atoms with Gasteiger partial charge >= 0.3 is 11.6 Å². The minimum Gasteiger partial charge on any atom is -0.493 e. The molecule has 4 aromatic rings. The van der Waals surface area contributed by atoms with E-state index in [1.807, 2.05) is 18.2 Å². The predicted octanol–water partition coefficient (Wildman–Crippen LogP) is 5.47. The van der Waals surface area contributed by atoms with E-state index in [-0.39, 0.29) is 5.97 Å². The summed E-state index contributed by atoms with van der Waals surface area (Å²) in [6.07, 6.45) is 0. The summed E-state index contributed by atoms with van der Waals surface area (Å²) >= 11 is 0. The number of rotatable bonds is 3. The van der Waals surface area contributed by atoms with Gasteiger partial charge in [-0.15, -0.1) is 0 Å². The van der Waals surface area contributed by atoms with Crippen molar-refractivity contribution < 1.29 is 23.1 Å². The Morgan fingerprint density at radius 3 is 2.47 bits per heavy atom. The minimum absolute atomic E-state index is 0.350. The lowest BCUT2D eigenvalue weighted by Crippen LogP contribution is -2.25. The number of methoxy groups -OCH3 is 1. The molecule has 4 rings (SSSR count). The topological polar surface area (TPSA) is 78.9 Å². The first-order valence-corrected chi connectivity index (χ1v) is 9.55. The lowest BCUT2D eigenvalue weighted by molar-refractivity contribution is -0.143. The third kappa shape index (κ3) is 3.45. The molecule has 0 radical (unpaired) electrons. The molecule has 154 valence electrons. The molecule has 0 aliphatic carbocycles. The Kier molecular flexibility index (Phi) is 4.65. The van der Waals surface area contributed by atoms with Crippen molar-refractivity contribution in [3.05, 3.63) is 58.4 Å². The lowest BCUT2D eigenvalue weighted by Gasteiger charge is -2.17. The highest BCUT2D eigenvalue weighted by atomic mass is 16.5. The Morgan fingerprint density at radius 2 is 1.77 bits per heavy atom. The molecule has 0 saturated heterocycles. The van der Waals surface area contributed by atoms with E-state index in [9.17, 15) is 9.59 Å². The third-order valence-corrected chi connectivity index (χ3v) is 4.85. The maximum Gasteiger partial charge on any atom is 0.336 e. The number of para-hydroxylation sites is 1. The van der Waals surface area contributed by atoms with Crippen molar-refractivity contribution >= 4 is 27.9 Å². The van der Waals surface area contributed by atoms with Crippen LogP contribution in [0.15, 0.2) is 56.1 Å². The van der Waals surface area contributed by atoms with Crippen molar-refractivity contribution in [3.63, 3.8) is 0 Å². The van der Waals surface area contributed by atoms with Crippen LogP contribution >= 0.6 is 0 Å². The highest BCUT2D eigenvalue weighted by Gasteiger charge is 2.25. The largest absolute Gasteiger partial charge is 0.493 e. The van der Waals surface area contributed by atoms with Crippen molar-refractivity contribution in [2.24, 2.45) is 5.41 Å². The summed E-state index contributed by atoms with van der Waals surface area (Å²) < 4.78 is 22.4. The first-order valence-electron chi connectivity index (χ1n) is 9.55. The predicted molar refractivity (Wildman–Crippen MR) is 114 cm³/mol. The van der Waals surface area contributed by atoms with Gasteiger partial charge in [0.1, 0.15) is 17.1 Å². The van der Waals surface area contributed by atoms with E-state index in [2.05, 4.69) is 0 Å². The van der Waals surface area contributed by atoms with E-state index >= 15 is 0 Å². The summed E-state index contributed by atoms with van der Waals surface area (Å²) in [5.41, 5.74) is 1.06. The van der Waals surface area contributed by atoms with Gasteiger partial charge in [0.25, 0.3) is 0 Å². The Labute approximate surface area is 173 Å². The molecule has 0 unspecified atom stereocenters. The number of ether oxygens (including phenoxy) is 2. The molecule has 2 aromatic heterocycles. The molecule has 0 aliphatic rings. The fraction of sp³-hybridized carbons (Fsp3) is 0.250. The van der Waals surface area contributed by atoms with Crippen LogP contribution in [0, 0.1) is 12.3 Å². The van der Waals surface area contributed by atoms with Gasteiger partial charge in [-0.25, -0.2) is 4.79 Å². The highest BCUT2D eigenvalue weighted by molar-refractivity contribution is 5.97. The molecule has 6 nitrogen and oxygen atoms in total. The van der Waals surface area contributed by atoms with Crippen molar-refractivity contribution in [1.82, 2.24) is 0 Å². The van der Waals surface area contributed by atoms with E-state index in [0.717, 1.165) is 5.39 Å². The molecule has 0 spiro atoms. The number of benzene rings is 2. The molecule has 0 fully saturated rings. The second-order valence-corrected chi connectivity index (χ2v) is 8.22. The van der Waals surface area contributed by atoms with Crippen LogP contribution in [0.1, 0.15) is 26.3 Å². The average molecular weight is 406 g/mol. The van der Waals surface area contributed by atoms with Gasteiger partial charge in [0, 0.05) is 22.4 Å². The van der Waals surface area contributed by atoms with Crippen molar-refractivity contribution in [2.75, 3.05) is 7.11 Å². The van der Waals surface area contributed by atoms with Crippen LogP contribution in [0.2, 0.25) is 0 Å². The molecule has 6 heteroatoms. The van der Waals surface area contributed by atoms with Gasteiger partial charge in [-0.05, 0) is 57.5 Å². The normalized spacial score (nSPS) is 11.8. The second-order valence-electron chi connectivity index (χ2n) is 8.22. The zero-order valence-corrected chi connectivity index (χ0v) is 17.5. The maximum atomic E-state index is 12.4. The maximum absolute atomic E-state index is 12.4. The Bertz CT molecular complexity index is 1330. The van der Waals surface area contributed by atoms with Crippen LogP contribution in [-0.2, 0) is 4.79 Å². The van der Waals surface area contributed by atoms with Gasteiger partial charge in [0.2, 0.25) is 0 Å². The van der Waals surface area contributed by atoms with Gasteiger partial charge in [-0.1, -0.05) is 12.1 Å². The number of hydrogen-bond donors (Lipinski definition) is 0. The van der Waals surface area contributed by atoms with E-state index < -0.39 is 11.0 Å². The number of esters is 1. The minimum atomic E-state index is -0.650. The van der Waals surface area contributed by atoms with Crippen LogP contribution in [0.25, 0.3) is 33.3 Å².